The molecule has 0 saturated carbocycles. The summed E-state index contributed by atoms with van der Waals surface area (Å²) in [6, 6.07) is 0.570. The molecular formula is C12H21N3S. The molecule has 16 heavy (non-hydrogen) atoms. The summed E-state index contributed by atoms with van der Waals surface area (Å²) < 4.78 is 2.24. The van der Waals surface area contributed by atoms with E-state index in [4.69, 9.17) is 0 Å². The number of nitrogens with zero attached hydrogens (tertiary/aromatic N) is 2. The molecule has 0 radical (unpaired) electrons. The van der Waals surface area contributed by atoms with Gasteiger partial charge in [0.2, 0.25) is 0 Å². The number of nitrogens with one attached hydrogen (secondary N) is 1. The minimum absolute atomic E-state index is 0.570. The molecule has 1 aromatic heterocycles. The van der Waals surface area contributed by atoms with Gasteiger partial charge in [0.1, 0.15) is 5.82 Å². The highest BCUT2D eigenvalue weighted by Gasteiger charge is 2.25. The maximum absolute atomic E-state index is 4.46. The van der Waals surface area contributed by atoms with Crippen molar-refractivity contribution in [3.05, 3.63) is 18.2 Å². The Morgan fingerprint density at radius 3 is 3.19 bits per heavy atom. The quantitative estimate of drug-likeness (QED) is 0.851. The van der Waals surface area contributed by atoms with Crippen LogP contribution in [0.2, 0.25) is 0 Å². The van der Waals surface area contributed by atoms with Gasteiger partial charge >= 0.3 is 0 Å². The van der Waals surface area contributed by atoms with Crippen molar-refractivity contribution < 1.29 is 0 Å². The Labute approximate surface area is 102 Å². The Kier molecular flexibility index (Phi) is 4.29. The lowest BCUT2D eigenvalue weighted by atomic mass is 10.1. The Bertz CT molecular complexity index is 318. The van der Waals surface area contributed by atoms with E-state index in [0.717, 1.165) is 18.2 Å². The third-order valence-corrected chi connectivity index (χ3v) is 4.85. The first kappa shape index (κ1) is 12.0. The van der Waals surface area contributed by atoms with Gasteiger partial charge in [-0.2, -0.15) is 11.8 Å². The van der Waals surface area contributed by atoms with E-state index >= 15 is 0 Å². The summed E-state index contributed by atoms with van der Waals surface area (Å²) in [5, 5.41) is 4.23. The smallest absolute Gasteiger partial charge is 0.110 e. The molecule has 1 saturated heterocycles. The molecule has 1 aromatic rings. The van der Waals surface area contributed by atoms with Crippen LogP contribution in [0.4, 0.5) is 0 Å². The van der Waals surface area contributed by atoms with E-state index in [1.807, 2.05) is 6.20 Å². The van der Waals surface area contributed by atoms with Crippen LogP contribution in [-0.2, 0) is 13.0 Å². The van der Waals surface area contributed by atoms with Crippen LogP contribution in [0.15, 0.2) is 12.4 Å². The first-order valence-electron chi connectivity index (χ1n) is 6.14. The summed E-state index contributed by atoms with van der Waals surface area (Å²) >= 11 is 2.11. The van der Waals surface area contributed by atoms with Crippen molar-refractivity contribution in [2.24, 2.45) is 0 Å². The molecule has 0 spiro atoms. The SMILES string of the molecule is CCn1ccnc1CC(NC)C1CCCS1. The molecule has 2 heterocycles. The Hall–Kier alpha value is -0.480. The molecule has 2 atom stereocenters. The lowest BCUT2D eigenvalue weighted by molar-refractivity contribution is 0.501. The highest BCUT2D eigenvalue weighted by molar-refractivity contribution is 8.00. The fourth-order valence-corrected chi connectivity index (χ4v) is 3.79. The number of hydrogen-bond acceptors (Lipinski definition) is 3. The lowest BCUT2D eigenvalue weighted by Gasteiger charge is -2.22. The second kappa shape index (κ2) is 5.73. The van der Waals surface area contributed by atoms with Gasteiger partial charge in [0, 0.05) is 36.7 Å². The number of hydrogen-bond donors (Lipinski definition) is 1. The molecule has 0 aromatic carbocycles. The molecule has 1 N–H and O–H groups in total. The molecule has 1 aliphatic rings. The van der Waals surface area contributed by atoms with Gasteiger partial charge in [0.05, 0.1) is 0 Å². The monoisotopic (exact) mass is 239 g/mol. The summed E-state index contributed by atoms with van der Waals surface area (Å²) in [7, 11) is 2.07. The van der Waals surface area contributed by atoms with Crippen LogP contribution >= 0.6 is 11.8 Å². The number of aromatic nitrogens is 2. The van der Waals surface area contributed by atoms with Crippen molar-refractivity contribution in [3.63, 3.8) is 0 Å². The van der Waals surface area contributed by atoms with E-state index in [0.29, 0.717) is 6.04 Å². The molecule has 90 valence electrons. The molecule has 3 nitrogen and oxygen atoms in total. The summed E-state index contributed by atoms with van der Waals surface area (Å²) in [6.07, 6.45) is 7.75. The Morgan fingerprint density at radius 1 is 1.69 bits per heavy atom. The second-order valence-electron chi connectivity index (χ2n) is 4.28. The third kappa shape index (κ3) is 2.61. The van der Waals surface area contributed by atoms with Gasteiger partial charge in [-0.05, 0) is 32.6 Å². The van der Waals surface area contributed by atoms with Gasteiger partial charge < -0.3 is 9.88 Å². The largest absolute Gasteiger partial charge is 0.335 e. The van der Waals surface area contributed by atoms with E-state index < -0.39 is 0 Å². The number of thioether (sulfide) groups is 1. The minimum Gasteiger partial charge on any atom is -0.335 e. The van der Waals surface area contributed by atoms with E-state index in [-0.39, 0.29) is 0 Å². The summed E-state index contributed by atoms with van der Waals surface area (Å²) in [5.41, 5.74) is 0. The minimum atomic E-state index is 0.570. The molecule has 1 fully saturated rings. The summed E-state index contributed by atoms with van der Waals surface area (Å²) in [5.74, 6) is 2.54. The maximum Gasteiger partial charge on any atom is 0.110 e. The van der Waals surface area contributed by atoms with Crippen molar-refractivity contribution in [2.75, 3.05) is 12.8 Å². The molecule has 0 bridgehead atoms. The van der Waals surface area contributed by atoms with Crippen LogP contribution in [0.1, 0.15) is 25.6 Å². The van der Waals surface area contributed by atoms with Gasteiger partial charge in [-0.15, -0.1) is 0 Å². The van der Waals surface area contributed by atoms with Crippen molar-refractivity contribution in [3.8, 4) is 0 Å². The number of aryl methyl sites for hydroxylation is 1. The number of likely N-dealkylation sites (N-methyl/N-ethyl adjacent to an activating group) is 1. The highest BCUT2D eigenvalue weighted by atomic mass is 32.2. The zero-order valence-corrected chi connectivity index (χ0v) is 11.0. The fourth-order valence-electron chi connectivity index (χ4n) is 2.35. The van der Waals surface area contributed by atoms with Crippen LogP contribution in [0.25, 0.3) is 0 Å². The van der Waals surface area contributed by atoms with Gasteiger partial charge in [-0.1, -0.05) is 0 Å². The summed E-state index contributed by atoms with van der Waals surface area (Å²) in [6.45, 7) is 3.19. The predicted molar refractivity (Wildman–Crippen MR) is 69.9 cm³/mol. The van der Waals surface area contributed by atoms with Crippen LogP contribution < -0.4 is 5.32 Å². The third-order valence-electron chi connectivity index (χ3n) is 3.33. The van der Waals surface area contributed by atoms with Gasteiger partial charge in [0.15, 0.2) is 0 Å². The molecule has 4 heteroatoms. The van der Waals surface area contributed by atoms with E-state index in [9.17, 15) is 0 Å². The number of imidazole rings is 1. The van der Waals surface area contributed by atoms with Gasteiger partial charge in [-0.3, -0.25) is 0 Å². The molecule has 0 amide bonds. The second-order valence-corrected chi connectivity index (χ2v) is 5.63. The van der Waals surface area contributed by atoms with Gasteiger partial charge in [0.25, 0.3) is 0 Å². The zero-order valence-electron chi connectivity index (χ0n) is 10.1. The Balaban J connectivity index is 2.00. The van der Waals surface area contributed by atoms with Crippen LogP contribution in [-0.4, -0.2) is 33.6 Å². The molecule has 2 rings (SSSR count). The van der Waals surface area contributed by atoms with E-state index in [1.165, 1.54) is 24.4 Å². The number of rotatable bonds is 5. The first-order valence-corrected chi connectivity index (χ1v) is 7.19. The van der Waals surface area contributed by atoms with E-state index in [2.05, 4.69) is 46.8 Å². The molecular weight excluding hydrogens is 218 g/mol. The Morgan fingerprint density at radius 2 is 2.56 bits per heavy atom. The standard InChI is InChI=1S/C12H21N3S/c1-3-15-7-6-14-12(15)9-10(13-2)11-5-4-8-16-11/h6-7,10-11,13H,3-5,8-9H2,1-2H3. The molecule has 2 unspecified atom stereocenters. The summed E-state index contributed by atoms with van der Waals surface area (Å²) in [4.78, 5) is 4.46. The zero-order chi connectivity index (χ0) is 11.4. The van der Waals surface area contributed by atoms with Crippen molar-refractivity contribution in [2.45, 2.75) is 44.0 Å². The highest BCUT2D eigenvalue weighted by Crippen LogP contribution is 2.29. The van der Waals surface area contributed by atoms with E-state index in [1.54, 1.807) is 0 Å². The van der Waals surface area contributed by atoms with Gasteiger partial charge in [-0.25, -0.2) is 4.98 Å². The van der Waals surface area contributed by atoms with Crippen molar-refractivity contribution in [1.82, 2.24) is 14.9 Å². The molecule has 0 aliphatic carbocycles. The van der Waals surface area contributed by atoms with Crippen molar-refractivity contribution >= 4 is 11.8 Å². The average molecular weight is 239 g/mol. The van der Waals surface area contributed by atoms with Crippen molar-refractivity contribution in [1.29, 1.82) is 0 Å². The van der Waals surface area contributed by atoms with Crippen LogP contribution in [0, 0.1) is 0 Å². The predicted octanol–water partition coefficient (Wildman–Crippen LogP) is 1.93. The topological polar surface area (TPSA) is 29.9 Å². The normalized spacial score (nSPS) is 22.5. The molecule has 1 aliphatic heterocycles. The van der Waals surface area contributed by atoms with Crippen LogP contribution in [0.5, 0.6) is 0 Å². The lowest BCUT2D eigenvalue weighted by Crippen LogP contribution is -2.37. The van der Waals surface area contributed by atoms with Crippen LogP contribution in [0.3, 0.4) is 0 Å². The maximum atomic E-state index is 4.46. The average Bonchev–Trinajstić information content (AvgIpc) is 2.96. The first-order chi connectivity index (χ1) is 7.85. The fraction of sp³-hybridized carbons (Fsp3) is 0.750.